The molecule has 0 saturated heterocycles. The molecule has 0 unspecified atom stereocenters. The highest BCUT2D eigenvalue weighted by molar-refractivity contribution is 6.07. The topological polar surface area (TPSA) is 64.1 Å². The third-order valence-electron chi connectivity index (χ3n) is 8.51. The Hall–Kier alpha value is -5.68. The zero-order valence-corrected chi connectivity index (χ0v) is 25.3. The molecule has 0 aliphatic carbocycles. The summed E-state index contributed by atoms with van der Waals surface area (Å²) < 4.78 is 8.35. The number of aromatic nitrogens is 3. The SMILES string of the molecule is CC(C)(C)c1cc(-c2ccccn2)cc(-c2cccc3c2nc(-c2cc4oc5ccccc5c4cc2O)n3-c2ccccc2)c1. The van der Waals surface area contributed by atoms with E-state index in [1.54, 1.807) is 6.07 Å². The zero-order chi connectivity index (χ0) is 30.7. The molecular weight excluding hydrogens is 554 g/mol. The largest absolute Gasteiger partial charge is 0.507 e. The van der Waals surface area contributed by atoms with Crippen molar-refractivity contribution >= 4 is 33.0 Å². The van der Waals surface area contributed by atoms with Crippen LogP contribution in [-0.2, 0) is 5.41 Å². The molecule has 0 radical (unpaired) electrons. The van der Waals surface area contributed by atoms with Crippen molar-refractivity contribution in [2.24, 2.45) is 0 Å². The van der Waals surface area contributed by atoms with Gasteiger partial charge in [-0.1, -0.05) is 81.4 Å². The monoisotopic (exact) mass is 585 g/mol. The smallest absolute Gasteiger partial charge is 0.149 e. The van der Waals surface area contributed by atoms with Crippen molar-refractivity contribution in [2.75, 3.05) is 0 Å². The molecule has 3 aromatic heterocycles. The van der Waals surface area contributed by atoms with Crippen LogP contribution in [0.3, 0.4) is 0 Å². The maximum atomic E-state index is 11.5. The summed E-state index contributed by atoms with van der Waals surface area (Å²) >= 11 is 0. The van der Waals surface area contributed by atoms with Crippen LogP contribution in [0.5, 0.6) is 5.75 Å². The molecule has 0 saturated carbocycles. The van der Waals surface area contributed by atoms with Gasteiger partial charge >= 0.3 is 0 Å². The second-order valence-corrected chi connectivity index (χ2v) is 12.5. The quantitative estimate of drug-likeness (QED) is 0.223. The van der Waals surface area contributed by atoms with Gasteiger partial charge in [-0.15, -0.1) is 0 Å². The van der Waals surface area contributed by atoms with Gasteiger partial charge in [-0.25, -0.2) is 4.98 Å². The summed E-state index contributed by atoms with van der Waals surface area (Å²) in [5.74, 6) is 0.788. The van der Waals surface area contributed by atoms with E-state index in [1.807, 2.05) is 72.9 Å². The Kier molecular flexibility index (Phi) is 6.10. The van der Waals surface area contributed by atoms with Crippen LogP contribution in [0.4, 0.5) is 0 Å². The molecule has 0 fully saturated rings. The number of hydrogen-bond donors (Lipinski definition) is 1. The molecule has 5 aromatic carbocycles. The van der Waals surface area contributed by atoms with Crippen molar-refractivity contribution in [3.8, 4) is 45.2 Å². The number of benzene rings is 5. The van der Waals surface area contributed by atoms with Gasteiger partial charge in [0.05, 0.1) is 22.3 Å². The molecule has 0 amide bonds. The Morgan fingerprint density at radius 2 is 1.44 bits per heavy atom. The number of pyridine rings is 1. The molecule has 5 nitrogen and oxygen atoms in total. The third-order valence-corrected chi connectivity index (χ3v) is 8.51. The van der Waals surface area contributed by atoms with E-state index < -0.39 is 0 Å². The van der Waals surface area contributed by atoms with E-state index in [1.165, 1.54) is 5.56 Å². The number of fused-ring (bicyclic) bond motifs is 4. The van der Waals surface area contributed by atoms with Crippen LogP contribution in [0.15, 0.2) is 132 Å². The van der Waals surface area contributed by atoms with Crippen LogP contribution >= 0.6 is 0 Å². The number of rotatable bonds is 4. The van der Waals surface area contributed by atoms with Gasteiger partial charge in [0.2, 0.25) is 0 Å². The number of nitrogens with zero attached hydrogens (tertiary/aromatic N) is 3. The Morgan fingerprint density at radius 3 is 2.24 bits per heavy atom. The molecule has 0 atom stereocenters. The van der Waals surface area contributed by atoms with Crippen LogP contribution in [-0.4, -0.2) is 19.6 Å². The molecule has 1 N–H and O–H groups in total. The van der Waals surface area contributed by atoms with Crippen molar-refractivity contribution in [1.82, 2.24) is 14.5 Å². The summed E-state index contributed by atoms with van der Waals surface area (Å²) in [7, 11) is 0. The highest BCUT2D eigenvalue weighted by Gasteiger charge is 2.23. The molecule has 0 bridgehead atoms. The predicted octanol–water partition coefficient (Wildman–Crippen LogP) is 10.3. The highest BCUT2D eigenvalue weighted by Crippen LogP contribution is 2.42. The number of para-hydroxylation sites is 3. The van der Waals surface area contributed by atoms with E-state index in [-0.39, 0.29) is 11.2 Å². The van der Waals surface area contributed by atoms with E-state index in [0.29, 0.717) is 17.0 Å². The van der Waals surface area contributed by atoms with Gasteiger partial charge in [-0.05, 0) is 77.2 Å². The lowest BCUT2D eigenvalue weighted by Crippen LogP contribution is -2.11. The lowest BCUT2D eigenvalue weighted by atomic mass is 9.83. The van der Waals surface area contributed by atoms with E-state index in [2.05, 4.69) is 78.9 Å². The summed E-state index contributed by atoms with van der Waals surface area (Å²) in [4.78, 5) is 9.96. The minimum absolute atomic E-state index is 0.0736. The first-order chi connectivity index (χ1) is 21.8. The fraction of sp³-hybridized carbons (Fsp3) is 0.100. The molecular formula is C40H31N3O2. The van der Waals surface area contributed by atoms with Crippen LogP contribution in [0, 0.1) is 0 Å². The van der Waals surface area contributed by atoms with E-state index in [4.69, 9.17) is 9.40 Å². The molecule has 0 spiro atoms. The second-order valence-electron chi connectivity index (χ2n) is 12.5. The van der Waals surface area contributed by atoms with Crippen molar-refractivity contribution in [2.45, 2.75) is 26.2 Å². The summed E-state index contributed by atoms with van der Waals surface area (Å²) in [5.41, 5.74) is 10.0. The van der Waals surface area contributed by atoms with Gasteiger partial charge in [-0.3, -0.25) is 9.55 Å². The van der Waals surface area contributed by atoms with Gasteiger partial charge < -0.3 is 9.52 Å². The lowest BCUT2D eigenvalue weighted by Gasteiger charge is -2.21. The number of hydrogen-bond acceptors (Lipinski definition) is 4. The average molecular weight is 586 g/mol. The minimum Gasteiger partial charge on any atom is -0.507 e. The zero-order valence-electron chi connectivity index (χ0n) is 25.3. The van der Waals surface area contributed by atoms with Crippen LogP contribution in [0.1, 0.15) is 26.3 Å². The first-order valence-corrected chi connectivity index (χ1v) is 15.1. The first-order valence-electron chi connectivity index (χ1n) is 15.1. The number of phenols is 1. The van der Waals surface area contributed by atoms with Gasteiger partial charge in [0.1, 0.15) is 22.7 Å². The summed E-state index contributed by atoms with van der Waals surface area (Å²) in [6.07, 6.45) is 1.83. The Bertz CT molecular complexity index is 2360. The van der Waals surface area contributed by atoms with Crippen LogP contribution in [0.25, 0.3) is 72.4 Å². The molecule has 0 aliphatic heterocycles. The van der Waals surface area contributed by atoms with E-state index >= 15 is 0 Å². The fourth-order valence-electron chi connectivity index (χ4n) is 6.19. The Balaban J connectivity index is 1.41. The molecule has 218 valence electrons. The number of furan rings is 1. The van der Waals surface area contributed by atoms with Gasteiger partial charge in [-0.2, -0.15) is 0 Å². The third kappa shape index (κ3) is 4.56. The molecule has 8 rings (SSSR count). The van der Waals surface area contributed by atoms with Crippen molar-refractivity contribution in [3.05, 3.63) is 133 Å². The van der Waals surface area contributed by atoms with E-state index in [9.17, 15) is 5.11 Å². The van der Waals surface area contributed by atoms with Gasteiger partial charge in [0.15, 0.2) is 0 Å². The standard InChI is InChI=1S/C40H31N3O2/c1-40(2,3)27-21-25(20-26(22-27)33-16-9-10-19-41-33)29-15-11-17-34-38(29)42-39(43(34)28-12-5-4-6-13-28)32-24-37-31(23-35(32)44)30-14-7-8-18-36(30)45-37/h4-24,44H,1-3H3. The summed E-state index contributed by atoms with van der Waals surface area (Å²) in [5, 5.41) is 13.3. The predicted molar refractivity (Wildman–Crippen MR) is 183 cm³/mol. The normalized spacial score (nSPS) is 12.0. The highest BCUT2D eigenvalue weighted by atomic mass is 16.3. The minimum atomic E-state index is -0.0736. The van der Waals surface area contributed by atoms with E-state index in [0.717, 1.165) is 55.5 Å². The number of phenolic OH excluding ortho intramolecular Hbond substituents is 1. The summed E-state index contributed by atoms with van der Waals surface area (Å²) in [6, 6.07) is 40.7. The molecule has 3 heterocycles. The Labute approximate surface area is 261 Å². The van der Waals surface area contributed by atoms with Crippen molar-refractivity contribution < 1.29 is 9.52 Å². The summed E-state index contributed by atoms with van der Waals surface area (Å²) in [6.45, 7) is 6.69. The number of aromatic hydroxyl groups is 1. The molecule has 0 aliphatic rings. The average Bonchev–Trinajstić information content (AvgIpc) is 3.63. The Morgan fingerprint density at radius 1 is 0.667 bits per heavy atom. The molecule has 8 aromatic rings. The second kappa shape index (κ2) is 10.2. The van der Waals surface area contributed by atoms with Gasteiger partial charge in [0.25, 0.3) is 0 Å². The molecule has 45 heavy (non-hydrogen) atoms. The van der Waals surface area contributed by atoms with Crippen LogP contribution in [0.2, 0.25) is 0 Å². The molecule has 5 heteroatoms. The van der Waals surface area contributed by atoms with Crippen molar-refractivity contribution in [1.29, 1.82) is 0 Å². The van der Waals surface area contributed by atoms with Gasteiger partial charge in [0, 0.05) is 33.8 Å². The first kappa shape index (κ1) is 26.9. The maximum Gasteiger partial charge on any atom is 0.149 e. The fourth-order valence-corrected chi connectivity index (χ4v) is 6.19. The lowest BCUT2D eigenvalue weighted by molar-refractivity contribution is 0.477. The number of imidazole rings is 1. The maximum absolute atomic E-state index is 11.5. The van der Waals surface area contributed by atoms with Crippen LogP contribution < -0.4 is 0 Å². The van der Waals surface area contributed by atoms with Crippen molar-refractivity contribution in [3.63, 3.8) is 0 Å².